The molecule has 2 amide bonds. The molecular weight excluding hydrogens is 352 g/mol. The fraction of sp³-hybridized carbons (Fsp3) is 0.348. The van der Waals surface area contributed by atoms with Crippen molar-refractivity contribution in [2.24, 2.45) is 5.73 Å². The first-order chi connectivity index (χ1) is 13.7. The quantitative estimate of drug-likeness (QED) is 0.751. The number of nitrogens with one attached hydrogen (secondary N) is 1. The molecule has 1 fully saturated rings. The zero-order valence-corrected chi connectivity index (χ0v) is 16.1. The molecule has 146 valence electrons. The van der Waals surface area contributed by atoms with Crippen LogP contribution in [-0.4, -0.2) is 25.8 Å². The van der Waals surface area contributed by atoms with Gasteiger partial charge in [-0.3, -0.25) is 0 Å². The number of hydrogen-bond donors (Lipinski definition) is 2. The van der Waals surface area contributed by atoms with Crippen molar-refractivity contribution in [1.29, 1.82) is 0 Å². The standard InChI is InChI=1S/C23H26N2O3/c1-27-21-14-13-18(15-22(21)28-20-9-5-6-10-20)19(16-25-23(24)26)12-11-17-7-3-2-4-8-17/h2-4,7-8,13-15,19-20H,5-6,9-10,16H2,1H3,(H3,24,25,26). The van der Waals surface area contributed by atoms with Crippen molar-refractivity contribution in [2.75, 3.05) is 13.7 Å². The minimum Gasteiger partial charge on any atom is -0.493 e. The van der Waals surface area contributed by atoms with Gasteiger partial charge in [-0.1, -0.05) is 36.1 Å². The van der Waals surface area contributed by atoms with E-state index in [1.165, 1.54) is 12.8 Å². The van der Waals surface area contributed by atoms with Crippen LogP contribution >= 0.6 is 0 Å². The molecule has 0 bridgehead atoms. The molecule has 1 atom stereocenters. The van der Waals surface area contributed by atoms with E-state index >= 15 is 0 Å². The summed E-state index contributed by atoms with van der Waals surface area (Å²) < 4.78 is 11.7. The first-order valence-corrected chi connectivity index (χ1v) is 9.60. The van der Waals surface area contributed by atoms with Gasteiger partial charge >= 0.3 is 6.03 Å². The lowest BCUT2D eigenvalue weighted by Gasteiger charge is -2.19. The van der Waals surface area contributed by atoms with Crippen LogP contribution < -0.4 is 20.5 Å². The van der Waals surface area contributed by atoms with Gasteiger partial charge in [-0.2, -0.15) is 0 Å². The number of amides is 2. The van der Waals surface area contributed by atoms with Gasteiger partial charge in [0.2, 0.25) is 0 Å². The summed E-state index contributed by atoms with van der Waals surface area (Å²) in [4.78, 5) is 11.2. The number of hydrogen-bond acceptors (Lipinski definition) is 3. The van der Waals surface area contributed by atoms with E-state index in [1.807, 2.05) is 48.5 Å². The molecule has 0 saturated heterocycles. The number of primary amides is 1. The minimum absolute atomic E-state index is 0.218. The Balaban J connectivity index is 1.87. The van der Waals surface area contributed by atoms with Crippen LogP contribution in [0.2, 0.25) is 0 Å². The lowest BCUT2D eigenvalue weighted by molar-refractivity contribution is 0.200. The van der Waals surface area contributed by atoms with Gasteiger partial charge in [-0.25, -0.2) is 4.79 Å². The second-order valence-corrected chi connectivity index (χ2v) is 6.87. The molecule has 0 aromatic heterocycles. The minimum atomic E-state index is -0.567. The van der Waals surface area contributed by atoms with E-state index in [0.29, 0.717) is 12.3 Å². The second-order valence-electron chi connectivity index (χ2n) is 6.87. The number of nitrogens with two attached hydrogens (primary N) is 1. The topological polar surface area (TPSA) is 73.6 Å². The van der Waals surface area contributed by atoms with Gasteiger partial charge in [0, 0.05) is 12.1 Å². The number of rotatable bonds is 6. The van der Waals surface area contributed by atoms with Crippen molar-refractivity contribution in [1.82, 2.24) is 5.32 Å². The van der Waals surface area contributed by atoms with Crippen molar-refractivity contribution in [2.45, 2.75) is 37.7 Å². The molecule has 5 nitrogen and oxygen atoms in total. The molecule has 0 aliphatic heterocycles. The average molecular weight is 378 g/mol. The Morgan fingerprint density at radius 1 is 1.18 bits per heavy atom. The number of carbonyl (C=O) groups excluding carboxylic acids is 1. The van der Waals surface area contributed by atoms with Gasteiger partial charge in [0.1, 0.15) is 0 Å². The maximum Gasteiger partial charge on any atom is 0.312 e. The Morgan fingerprint density at radius 3 is 2.61 bits per heavy atom. The highest BCUT2D eigenvalue weighted by molar-refractivity contribution is 5.71. The number of urea groups is 1. The summed E-state index contributed by atoms with van der Waals surface area (Å²) in [7, 11) is 1.64. The van der Waals surface area contributed by atoms with E-state index in [9.17, 15) is 4.79 Å². The number of ether oxygens (including phenoxy) is 2. The second kappa shape index (κ2) is 9.70. The molecule has 0 spiro atoms. The summed E-state index contributed by atoms with van der Waals surface area (Å²) in [6, 6.07) is 15.0. The van der Waals surface area contributed by atoms with Crippen molar-refractivity contribution >= 4 is 6.03 Å². The predicted octanol–water partition coefficient (Wildman–Crippen LogP) is 3.82. The Kier molecular flexibility index (Phi) is 6.80. The molecule has 1 saturated carbocycles. The molecule has 1 aliphatic rings. The first-order valence-electron chi connectivity index (χ1n) is 9.60. The highest BCUT2D eigenvalue weighted by Gasteiger charge is 2.20. The number of methoxy groups -OCH3 is 1. The normalized spacial score (nSPS) is 14.6. The molecule has 1 unspecified atom stereocenters. The van der Waals surface area contributed by atoms with Gasteiger partial charge in [0.25, 0.3) is 0 Å². The molecule has 2 aromatic carbocycles. The van der Waals surface area contributed by atoms with E-state index in [2.05, 4.69) is 17.2 Å². The van der Waals surface area contributed by atoms with E-state index < -0.39 is 6.03 Å². The number of carbonyl (C=O) groups is 1. The van der Waals surface area contributed by atoms with E-state index in [0.717, 1.165) is 29.7 Å². The maximum atomic E-state index is 11.2. The SMILES string of the molecule is COc1ccc(C(C#Cc2ccccc2)CNC(N)=O)cc1OC1CCCC1. The lowest BCUT2D eigenvalue weighted by atomic mass is 9.98. The van der Waals surface area contributed by atoms with Crippen LogP contribution in [0.15, 0.2) is 48.5 Å². The van der Waals surface area contributed by atoms with Gasteiger partial charge in [-0.05, 0) is 55.5 Å². The maximum absolute atomic E-state index is 11.2. The fourth-order valence-corrected chi connectivity index (χ4v) is 3.33. The van der Waals surface area contributed by atoms with Gasteiger partial charge in [0.05, 0.1) is 19.1 Å². The summed E-state index contributed by atoms with van der Waals surface area (Å²) in [5.41, 5.74) is 7.14. The summed E-state index contributed by atoms with van der Waals surface area (Å²) in [6.07, 6.45) is 4.74. The van der Waals surface area contributed by atoms with E-state index in [1.54, 1.807) is 7.11 Å². The largest absolute Gasteiger partial charge is 0.493 e. The molecule has 2 aromatic rings. The van der Waals surface area contributed by atoms with Crippen LogP contribution in [0.1, 0.15) is 42.7 Å². The Labute approximate surface area is 166 Å². The summed E-state index contributed by atoms with van der Waals surface area (Å²) in [5.74, 6) is 7.63. The zero-order valence-electron chi connectivity index (χ0n) is 16.1. The smallest absolute Gasteiger partial charge is 0.312 e. The fourth-order valence-electron chi connectivity index (χ4n) is 3.33. The third kappa shape index (κ3) is 5.43. The van der Waals surface area contributed by atoms with Gasteiger partial charge < -0.3 is 20.5 Å². The molecule has 28 heavy (non-hydrogen) atoms. The summed E-state index contributed by atoms with van der Waals surface area (Å²) in [6.45, 7) is 0.324. The molecule has 1 aliphatic carbocycles. The van der Waals surface area contributed by atoms with Crippen molar-refractivity contribution in [3.8, 4) is 23.3 Å². The summed E-state index contributed by atoms with van der Waals surface area (Å²) >= 11 is 0. The van der Waals surface area contributed by atoms with E-state index in [4.69, 9.17) is 15.2 Å². The van der Waals surface area contributed by atoms with Crippen LogP contribution in [0, 0.1) is 11.8 Å². The van der Waals surface area contributed by atoms with Crippen molar-refractivity contribution in [3.05, 3.63) is 59.7 Å². The monoisotopic (exact) mass is 378 g/mol. The Morgan fingerprint density at radius 2 is 1.93 bits per heavy atom. The zero-order chi connectivity index (χ0) is 19.8. The summed E-state index contributed by atoms with van der Waals surface area (Å²) in [5, 5.41) is 2.67. The number of benzene rings is 2. The van der Waals surface area contributed by atoms with Crippen LogP contribution in [0.5, 0.6) is 11.5 Å². The third-order valence-corrected chi connectivity index (χ3v) is 4.83. The molecular formula is C23H26N2O3. The van der Waals surface area contributed by atoms with Crippen LogP contribution in [-0.2, 0) is 0 Å². The van der Waals surface area contributed by atoms with E-state index in [-0.39, 0.29) is 12.0 Å². The lowest BCUT2D eigenvalue weighted by Crippen LogP contribution is -2.32. The molecule has 5 heteroatoms. The molecule has 3 N–H and O–H groups in total. The van der Waals surface area contributed by atoms with Crippen LogP contribution in [0.25, 0.3) is 0 Å². The predicted molar refractivity (Wildman–Crippen MR) is 110 cm³/mol. The van der Waals surface area contributed by atoms with Crippen molar-refractivity contribution in [3.63, 3.8) is 0 Å². The average Bonchev–Trinajstić information content (AvgIpc) is 3.22. The molecule has 0 heterocycles. The Bertz CT molecular complexity index is 849. The highest BCUT2D eigenvalue weighted by Crippen LogP contribution is 2.34. The van der Waals surface area contributed by atoms with Gasteiger partial charge in [0.15, 0.2) is 11.5 Å². The molecule has 0 radical (unpaired) electrons. The molecule has 3 rings (SSSR count). The van der Waals surface area contributed by atoms with Gasteiger partial charge in [-0.15, -0.1) is 0 Å². The highest BCUT2D eigenvalue weighted by atomic mass is 16.5. The Hall–Kier alpha value is -3.13. The first kappa shape index (κ1) is 19.6. The van der Waals surface area contributed by atoms with Crippen LogP contribution in [0.3, 0.4) is 0 Å². The van der Waals surface area contributed by atoms with Crippen LogP contribution in [0.4, 0.5) is 4.79 Å². The third-order valence-electron chi connectivity index (χ3n) is 4.83. The van der Waals surface area contributed by atoms with Crippen molar-refractivity contribution < 1.29 is 14.3 Å².